The molecule has 2 N–H and O–H groups in total. The summed E-state index contributed by atoms with van der Waals surface area (Å²) in [4.78, 5) is 10.9. The molecule has 0 unspecified atom stereocenters. The van der Waals surface area contributed by atoms with E-state index in [0.29, 0.717) is 0 Å². The first-order valence-corrected chi connectivity index (χ1v) is 6.37. The zero-order valence-electron chi connectivity index (χ0n) is 10.2. The number of aliphatic hydroxyl groups is 1. The average Bonchev–Trinajstić information content (AvgIpc) is 1.98. The highest BCUT2D eigenvalue weighted by Crippen LogP contribution is 2.21. The SMILES string of the molecule is COC(=O)CS(=O)(=O)NC(C)(C)C(C)(C)O. The summed E-state index contributed by atoms with van der Waals surface area (Å²) in [7, 11) is -2.71. The minimum absolute atomic E-state index is 0.761. The molecule has 0 bridgehead atoms. The molecule has 0 aromatic heterocycles. The Morgan fingerprint density at radius 3 is 2.06 bits per heavy atom. The molecule has 16 heavy (non-hydrogen) atoms. The van der Waals surface area contributed by atoms with E-state index in [1.54, 1.807) is 0 Å². The molecule has 0 spiro atoms. The molecule has 0 fully saturated rings. The fourth-order valence-electron chi connectivity index (χ4n) is 0.764. The van der Waals surface area contributed by atoms with Gasteiger partial charge in [0.15, 0.2) is 5.75 Å². The van der Waals surface area contributed by atoms with Gasteiger partial charge in [0.05, 0.1) is 18.2 Å². The van der Waals surface area contributed by atoms with E-state index in [4.69, 9.17) is 0 Å². The summed E-state index contributed by atoms with van der Waals surface area (Å²) in [6.45, 7) is 6.02. The molecule has 0 aliphatic carbocycles. The number of carbonyl (C=O) groups is 1. The molecule has 0 radical (unpaired) electrons. The molecule has 0 rings (SSSR count). The van der Waals surface area contributed by atoms with Crippen LogP contribution in [0.1, 0.15) is 27.7 Å². The second-order valence-electron chi connectivity index (χ2n) is 4.62. The fraction of sp³-hybridized carbons (Fsp3) is 0.889. The molecule has 0 saturated carbocycles. The molecule has 0 aliphatic rings. The number of methoxy groups -OCH3 is 1. The number of rotatable bonds is 5. The summed E-state index contributed by atoms with van der Waals surface area (Å²) in [6, 6.07) is 0. The van der Waals surface area contributed by atoms with E-state index in [0.717, 1.165) is 7.11 Å². The number of hydrogen-bond donors (Lipinski definition) is 2. The fourth-order valence-corrected chi connectivity index (χ4v) is 2.29. The number of carbonyl (C=O) groups excluding carboxylic acids is 1. The van der Waals surface area contributed by atoms with Crippen molar-refractivity contribution in [2.24, 2.45) is 0 Å². The summed E-state index contributed by atoms with van der Waals surface area (Å²) >= 11 is 0. The van der Waals surface area contributed by atoms with Gasteiger partial charge in [-0.2, -0.15) is 0 Å². The molecular weight excluding hydrogens is 234 g/mol. The Hall–Kier alpha value is -0.660. The van der Waals surface area contributed by atoms with Gasteiger partial charge in [-0.05, 0) is 27.7 Å². The van der Waals surface area contributed by atoms with Gasteiger partial charge in [-0.1, -0.05) is 0 Å². The molecular formula is C9H19NO5S. The number of ether oxygens (including phenoxy) is 1. The van der Waals surface area contributed by atoms with Crippen LogP contribution in [0.3, 0.4) is 0 Å². The summed E-state index contributed by atoms with van der Waals surface area (Å²) in [5.41, 5.74) is -2.34. The Labute approximate surface area is 96.0 Å². The third-order valence-electron chi connectivity index (χ3n) is 2.48. The Kier molecular flexibility index (Phi) is 4.49. The number of hydrogen-bond acceptors (Lipinski definition) is 5. The van der Waals surface area contributed by atoms with E-state index in [9.17, 15) is 18.3 Å². The summed E-state index contributed by atoms with van der Waals surface area (Å²) in [5.74, 6) is -1.61. The third-order valence-corrected chi connectivity index (χ3v) is 3.91. The van der Waals surface area contributed by atoms with E-state index in [1.807, 2.05) is 0 Å². The van der Waals surface area contributed by atoms with Crippen LogP contribution in [0.2, 0.25) is 0 Å². The number of sulfonamides is 1. The van der Waals surface area contributed by atoms with E-state index in [2.05, 4.69) is 9.46 Å². The maximum atomic E-state index is 11.5. The van der Waals surface area contributed by atoms with Gasteiger partial charge in [0.25, 0.3) is 0 Å². The first-order chi connectivity index (χ1) is 6.91. The van der Waals surface area contributed by atoms with Crippen LogP contribution in [0.15, 0.2) is 0 Å². The van der Waals surface area contributed by atoms with Gasteiger partial charge in [-0.3, -0.25) is 4.79 Å². The lowest BCUT2D eigenvalue weighted by Crippen LogP contribution is -2.58. The Bertz CT molecular complexity index is 353. The normalized spacial score (nSPS) is 13.6. The predicted molar refractivity (Wildman–Crippen MR) is 59.3 cm³/mol. The highest BCUT2D eigenvalue weighted by molar-refractivity contribution is 7.90. The number of nitrogens with one attached hydrogen (secondary N) is 1. The van der Waals surface area contributed by atoms with Gasteiger partial charge < -0.3 is 9.84 Å². The second kappa shape index (κ2) is 4.68. The van der Waals surface area contributed by atoms with Gasteiger partial charge in [0.2, 0.25) is 10.0 Å². The predicted octanol–water partition coefficient (Wildman–Crippen LogP) is -0.372. The largest absolute Gasteiger partial charge is 0.468 e. The molecule has 0 heterocycles. The molecule has 0 atom stereocenters. The van der Waals surface area contributed by atoms with Gasteiger partial charge in [0, 0.05) is 0 Å². The topological polar surface area (TPSA) is 92.7 Å². The van der Waals surface area contributed by atoms with Crippen LogP contribution < -0.4 is 4.72 Å². The quantitative estimate of drug-likeness (QED) is 0.652. The van der Waals surface area contributed by atoms with Crippen LogP contribution in [-0.4, -0.2) is 43.5 Å². The highest BCUT2D eigenvalue weighted by Gasteiger charge is 2.38. The maximum absolute atomic E-state index is 11.5. The van der Waals surface area contributed by atoms with Gasteiger partial charge in [-0.25, -0.2) is 13.1 Å². The molecule has 0 saturated heterocycles. The van der Waals surface area contributed by atoms with Crippen LogP contribution in [-0.2, 0) is 19.6 Å². The van der Waals surface area contributed by atoms with Crippen molar-refractivity contribution in [3.63, 3.8) is 0 Å². The van der Waals surface area contributed by atoms with Crippen molar-refractivity contribution in [2.45, 2.75) is 38.8 Å². The van der Waals surface area contributed by atoms with Crippen LogP contribution >= 0.6 is 0 Å². The van der Waals surface area contributed by atoms with Crippen LogP contribution in [0.4, 0.5) is 0 Å². The second-order valence-corrected chi connectivity index (χ2v) is 6.34. The maximum Gasteiger partial charge on any atom is 0.322 e. The minimum Gasteiger partial charge on any atom is -0.468 e. The van der Waals surface area contributed by atoms with E-state index >= 15 is 0 Å². The lowest BCUT2D eigenvalue weighted by molar-refractivity contribution is -0.137. The lowest BCUT2D eigenvalue weighted by atomic mass is 9.87. The lowest BCUT2D eigenvalue weighted by Gasteiger charge is -2.37. The first kappa shape index (κ1) is 15.3. The third kappa shape index (κ3) is 4.46. The molecule has 0 aromatic rings. The Morgan fingerprint density at radius 2 is 1.75 bits per heavy atom. The van der Waals surface area contributed by atoms with Gasteiger partial charge in [0.1, 0.15) is 0 Å². The van der Waals surface area contributed by atoms with Crippen molar-refractivity contribution in [2.75, 3.05) is 12.9 Å². The van der Waals surface area contributed by atoms with E-state index in [1.165, 1.54) is 27.7 Å². The summed E-state index contributed by atoms with van der Waals surface area (Å²) in [6.07, 6.45) is 0. The van der Waals surface area contributed by atoms with Gasteiger partial charge >= 0.3 is 5.97 Å². The zero-order chi connectivity index (χ0) is 13.2. The Morgan fingerprint density at radius 1 is 1.31 bits per heavy atom. The average molecular weight is 253 g/mol. The molecule has 0 aromatic carbocycles. The van der Waals surface area contributed by atoms with Crippen molar-refractivity contribution in [3.05, 3.63) is 0 Å². The van der Waals surface area contributed by atoms with Crippen LogP contribution in [0.5, 0.6) is 0 Å². The molecule has 0 amide bonds. The molecule has 7 heteroatoms. The van der Waals surface area contributed by atoms with Crippen molar-refractivity contribution < 1.29 is 23.1 Å². The van der Waals surface area contributed by atoms with Crippen molar-refractivity contribution in [3.8, 4) is 0 Å². The van der Waals surface area contributed by atoms with Crippen molar-refractivity contribution >= 4 is 16.0 Å². The summed E-state index contributed by atoms with van der Waals surface area (Å²) in [5, 5.41) is 9.76. The van der Waals surface area contributed by atoms with Crippen LogP contribution in [0.25, 0.3) is 0 Å². The minimum atomic E-state index is -3.82. The standard InChI is InChI=1S/C9H19NO5S/c1-8(2,9(3,4)12)10-16(13,14)6-7(11)15-5/h10,12H,6H2,1-5H3. The number of esters is 1. The summed E-state index contributed by atoms with van der Waals surface area (Å²) < 4.78 is 29.6. The molecule has 0 aliphatic heterocycles. The van der Waals surface area contributed by atoms with Gasteiger partial charge in [-0.15, -0.1) is 0 Å². The molecule has 96 valence electrons. The Balaban J connectivity index is 4.79. The highest BCUT2D eigenvalue weighted by atomic mass is 32.2. The zero-order valence-corrected chi connectivity index (χ0v) is 11.0. The van der Waals surface area contributed by atoms with E-state index < -0.39 is 32.9 Å². The van der Waals surface area contributed by atoms with Crippen molar-refractivity contribution in [1.82, 2.24) is 4.72 Å². The monoisotopic (exact) mass is 253 g/mol. The first-order valence-electron chi connectivity index (χ1n) is 4.72. The smallest absolute Gasteiger partial charge is 0.322 e. The molecule has 6 nitrogen and oxygen atoms in total. The van der Waals surface area contributed by atoms with Crippen LogP contribution in [0, 0.1) is 0 Å². The van der Waals surface area contributed by atoms with E-state index in [-0.39, 0.29) is 0 Å². The van der Waals surface area contributed by atoms with Crippen molar-refractivity contribution in [1.29, 1.82) is 0 Å².